The average molecular weight is 276 g/mol. The lowest BCUT2D eigenvalue weighted by molar-refractivity contribution is -0.146. The number of rotatable bonds is 4. The first-order valence-corrected chi connectivity index (χ1v) is 6.34. The minimum Gasteiger partial charge on any atom is -0.481 e. The number of carbonyl (C=O) groups excluding carboxylic acids is 2. The molecule has 1 aliphatic heterocycles. The summed E-state index contributed by atoms with van der Waals surface area (Å²) in [6.07, 6.45) is -0.220. The third-order valence-electron chi connectivity index (χ3n) is 3.20. The van der Waals surface area contributed by atoms with Crippen LogP contribution in [-0.2, 0) is 14.4 Å². The molecule has 0 saturated carbocycles. The number of carboxylic acid groups (broad SMARTS) is 1. The summed E-state index contributed by atoms with van der Waals surface area (Å²) in [6.45, 7) is 2.08. The van der Waals surface area contributed by atoms with Crippen LogP contribution < -0.4 is 4.90 Å². The van der Waals surface area contributed by atoms with Gasteiger partial charge in [0.25, 0.3) is 0 Å². The Balaban J connectivity index is 2.05. The maximum absolute atomic E-state index is 11.9. The van der Waals surface area contributed by atoms with E-state index >= 15 is 0 Å². The number of benzene rings is 1. The molecular weight excluding hydrogens is 260 g/mol. The van der Waals surface area contributed by atoms with E-state index in [2.05, 4.69) is 0 Å². The molecule has 2 rings (SSSR count). The van der Waals surface area contributed by atoms with E-state index in [9.17, 15) is 14.4 Å². The molecule has 2 amide bonds. The van der Waals surface area contributed by atoms with Crippen molar-refractivity contribution in [1.82, 2.24) is 4.90 Å². The van der Waals surface area contributed by atoms with Crippen molar-refractivity contribution in [2.75, 3.05) is 24.5 Å². The highest BCUT2D eigenvalue weighted by Gasteiger charge is 2.31. The summed E-state index contributed by atoms with van der Waals surface area (Å²) >= 11 is 0. The lowest BCUT2D eigenvalue weighted by Gasteiger charge is -2.33. The van der Waals surface area contributed by atoms with Gasteiger partial charge in [-0.05, 0) is 19.1 Å². The molecular formula is C14H16N2O4. The van der Waals surface area contributed by atoms with Gasteiger partial charge in [0.05, 0.1) is 19.5 Å². The molecule has 0 bridgehead atoms. The number of anilines is 1. The smallest absolute Gasteiger partial charge is 0.305 e. The highest BCUT2D eigenvalue weighted by Crippen LogP contribution is 2.18. The summed E-state index contributed by atoms with van der Waals surface area (Å²) in [7, 11) is 0. The Bertz CT molecular complexity index is 521. The minimum absolute atomic E-state index is 0.0608. The Morgan fingerprint density at radius 2 is 1.70 bits per heavy atom. The SMILES string of the molecule is Cc1ccc(N2CC(=O)N(CCC(=O)O)C(=O)C2)cc1. The lowest BCUT2D eigenvalue weighted by atomic mass is 10.2. The first-order valence-electron chi connectivity index (χ1n) is 6.34. The molecule has 0 radical (unpaired) electrons. The molecule has 1 aromatic rings. The van der Waals surface area contributed by atoms with Crippen LogP contribution in [0.5, 0.6) is 0 Å². The van der Waals surface area contributed by atoms with Crippen LogP contribution in [-0.4, -0.2) is 47.4 Å². The molecule has 1 aromatic carbocycles. The number of aryl methyl sites for hydroxylation is 1. The monoisotopic (exact) mass is 276 g/mol. The fourth-order valence-electron chi connectivity index (χ4n) is 2.09. The van der Waals surface area contributed by atoms with Crippen LogP contribution in [0.3, 0.4) is 0 Å². The third kappa shape index (κ3) is 3.14. The van der Waals surface area contributed by atoms with Crippen molar-refractivity contribution in [2.24, 2.45) is 0 Å². The molecule has 0 spiro atoms. The van der Waals surface area contributed by atoms with Gasteiger partial charge in [0.15, 0.2) is 0 Å². The molecule has 0 atom stereocenters. The van der Waals surface area contributed by atoms with Gasteiger partial charge < -0.3 is 10.0 Å². The van der Waals surface area contributed by atoms with E-state index in [1.54, 1.807) is 4.90 Å². The molecule has 0 aromatic heterocycles. The first kappa shape index (κ1) is 14.0. The van der Waals surface area contributed by atoms with Gasteiger partial charge in [-0.2, -0.15) is 0 Å². The van der Waals surface area contributed by atoms with Gasteiger partial charge in [-0.1, -0.05) is 17.7 Å². The van der Waals surface area contributed by atoms with Crippen LogP contribution in [0, 0.1) is 6.92 Å². The van der Waals surface area contributed by atoms with E-state index in [0.717, 1.165) is 16.2 Å². The zero-order valence-electron chi connectivity index (χ0n) is 11.2. The second kappa shape index (κ2) is 5.73. The van der Waals surface area contributed by atoms with E-state index < -0.39 is 5.97 Å². The number of hydrogen-bond acceptors (Lipinski definition) is 4. The summed E-state index contributed by atoms with van der Waals surface area (Å²) in [6, 6.07) is 7.56. The number of hydrogen-bond donors (Lipinski definition) is 1. The van der Waals surface area contributed by atoms with Crippen molar-refractivity contribution in [2.45, 2.75) is 13.3 Å². The van der Waals surface area contributed by atoms with Crippen LogP contribution >= 0.6 is 0 Å². The van der Waals surface area contributed by atoms with Crippen molar-refractivity contribution in [1.29, 1.82) is 0 Å². The van der Waals surface area contributed by atoms with Crippen LogP contribution in [0.25, 0.3) is 0 Å². The summed E-state index contributed by atoms with van der Waals surface area (Å²) in [4.78, 5) is 37.1. The zero-order valence-corrected chi connectivity index (χ0v) is 11.2. The molecule has 0 unspecified atom stereocenters. The van der Waals surface area contributed by atoms with Crippen molar-refractivity contribution in [3.05, 3.63) is 29.8 Å². The van der Waals surface area contributed by atoms with Gasteiger partial charge in [-0.25, -0.2) is 0 Å². The van der Waals surface area contributed by atoms with Gasteiger partial charge in [-0.15, -0.1) is 0 Å². The Labute approximate surface area is 116 Å². The second-order valence-electron chi connectivity index (χ2n) is 4.77. The van der Waals surface area contributed by atoms with E-state index in [-0.39, 0.29) is 37.9 Å². The van der Waals surface area contributed by atoms with E-state index in [4.69, 9.17) is 5.11 Å². The van der Waals surface area contributed by atoms with Crippen molar-refractivity contribution < 1.29 is 19.5 Å². The van der Waals surface area contributed by atoms with Crippen molar-refractivity contribution in [3.63, 3.8) is 0 Å². The molecule has 1 aliphatic rings. The number of piperazine rings is 1. The second-order valence-corrected chi connectivity index (χ2v) is 4.77. The summed E-state index contributed by atoms with van der Waals surface area (Å²) in [5.74, 6) is -1.74. The molecule has 6 nitrogen and oxygen atoms in total. The summed E-state index contributed by atoms with van der Waals surface area (Å²) in [5.41, 5.74) is 1.92. The van der Waals surface area contributed by atoms with Gasteiger partial charge in [0.1, 0.15) is 0 Å². The van der Waals surface area contributed by atoms with Gasteiger partial charge in [0, 0.05) is 12.2 Å². The van der Waals surface area contributed by atoms with E-state index in [0.29, 0.717) is 0 Å². The number of carbonyl (C=O) groups is 3. The van der Waals surface area contributed by atoms with E-state index in [1.807, 2.05) is 31.2 Å². The number of carboxylic acids is 1. The highest BCUT2D eigenvalue weighted by atomic mass is 16.4. The molecule has 1 N–H and O–H groups in total. The fraction of sp³-hybridized carbons (Fsp3) is 0.357. The zero-order chi connectivity index (χ0) is 14.7. The molecule has 20 heavy (non-hydrogen) atoms. The minimum atomic E-state index is -1.02. The van der Waals surface area contributed by atoms with Crippen molar-refractivity contribution >= 4 is 23.5 Å². The Morgan fingerprint density at radius 1 is 1.15 bits per heavy atom. The van der Waals surface area contributed by atoms with Gasteiger partial charge >= 0.3 is 5.97 Å². The summed E-state index contributed by atoms with van der Waals surface area (Å²) in [5, 5.41) is 8.61. The average Bonchev–Trinajstić information content (AvgIpc) is 2.38. The Kier molecular flexibility index (Phi) is 4.02. The molecule has 6 heteroatoms. The van der Waals surface area contributed by atoms with Crippen LogP contribution in [0.4, 0.5) is 5.69 Å². The van der Waals surface area contributed by atoms with Crippen molar-refractivity contribution in [3.8, 4) is 0 Å². The first-order chi connectivity index (χ1) is 9.47. The Morgan fingerprint density at radius 3 is 2.20 bits per heavy atom. The predicted octanol–water partition coefficient (Wildman–Crippen LogP) is 0.645. The number of amides is 2. The standard InChI is InChI=1S/C14H16N2O4/c1-10-2-4-11(5-3-10)15-8-12(17)16(13(18)9-15)7-6-14(19)20/h2-5H,6-9H2,1H3,(H,19,20). The normalized spacial score (nSPS) is 15.7. The highest BCUT2D eigenvalue weighted by molar-refractivity contribution is 6.03. The van der Waals surface area contributed by atoms with Crippen LogP contribution in [0.2, 0.25) is 0 Å². The topological polar surface area (TPSA) is 77.9 Å². The maximum Gasteiger partial charge on any atom is 0.305 e. The lowest BCUT2D eigenvalue weighted by Crippen LogP contribution is -2.54. The molecule has 1 fully saturated rings. The third-order valence-corrected chi connectivity index (χ3v) is 3.20. The maximum atomic E-state index is 11.9. The van der Waals surface area contributed by atoms with Crippen LogP contribution in [0.1, 0.15) is 12.0 Å². The predicted molar refractivity (Wildman–Crippen MR) is 72.4 cm³/mol. The quantitative estimate of drug-likeness (QED) is 0.817. The molecule has 0 aliphatic carbocycles. The molecule has 1 heterocycles. The molecule has 1 saturated heterocycles. The van der Waals surface area contributed by atoms with E-state index in [1.165, 1.54) is 0 Å². The largest absolute Gasteiger partial charge is 0.481 e. The summed E-state index contributed by atoms with van der Waals surface area (Å²) < 4.78 is 0. The molecule has 106 valence electrons. The number of imide groups is 1. The van der Waals surface area contributed by atoms with Gasteiger partial charge in [0.2, 0.25) is 11.8 Å². The Hall–Kier alpha value is -2.37. The van der Waals surface area contributed by atoms with Crippen LogP contribution in [0.15, 0.2) is 24.3 Å². The van der Waals surface area contributed by atoms with Gasteiger partial charge in [-0.3, -0.25) is 19.3 Å². The number of aliphatic carboxylic acids is 1. The number of nitrogens with zero attached hydrogens (tertiary/aromatic N) is 2. The fourth-order valence-corrected chi connectivity index (χ4v) is 2.09.